The summed E-state index contributed by atoms with van der Waals surface area (Å²) in [7, 11) is -3.69. The van der Waals surface area contributed by atoms with Crippen LogP contribution in [-0.2, 0) is 19.6 Å². The number of thiazole rings is 1. The van der Waals surface area contributed by atoms with E-state index in [4.69, 9.17) is 28.6 Å². The van der Waals surface area contributed by atoms with E-state index in [2.05, 4.69) is 21.2 Å². The zero-order chi connectivity index (χ0) is 24.1. The molecule has 0 saturated carbocycles. The molecule has 34 heavy (non-hydrogen) atoms. The van der Waals surface area contributed by atoms with Crippen molar-refractivity contribution in [2.24, 2.45) is 0 Å². The summed E-state index contributed by atoms with van der Waals surface area (Å²) in [4.78, 5) is 16.7. The minimum atomic E-state index is -3.69. The molecule has 14 heteroatoms. The molecular weight excluding hydrogens is 538 g/mol. The number of thioether (sulfide) groups is 1. The summed E-state index contributed by atoms with van der Waals surface area (Å²) in [5, 5.41) is 3.16. The van der Waals surface area contributed by atoms with Gasteiger partial charge >= 0.3 is 0 Å². The first kappa shape index (κ1) is 25.1. The molecular formula is C20H20ClN5O4S4. The van der Waals surface area contributed by atoms with Gasteiger partial charge in [-0.3, -0.25) is 15.6 Å². The fourth-order valence-electron chi connectivity index (χ4n) is 3.05. The van der Waals surface area contributed by atoms with Crippen molar-refractivity contribution in [1.82, 2.24) is 20.1 Å². The third kappa shape index (κ3) is 6.16. The number of thiocarbonyl (C=S) groups is 1. The maximum atomic E-state index is 12.9. The smallest absolute Gasteiger partial charge is 0.248 e. The van der Waals surface area contributed by atoms with Gasteiger partial charge in [0.1, 0.15) is 0 Å². The number of fused-ring (bicyclic) bond motifs is 1. The van der Waals surface area contributed by atoms with Crippen LogP contribution < -0.4 is 16.2 Å². The molecule has 1 saturated heterocycles. The van der Waals surface area contributed by atoms with E-state index in [0.717, 1.165) is 14.6 Å². The van der Waals surface area contributed by atoms with Crippen LogP contribution in [0.5, 0.6) is 0 Å². The average Bonchev–Trinajstić information content (AvgIpc) is 3.26. The summed E-state index contributed by atoms with van der Waals surface area (Å²) < 4.78 is 34.2. The lowest BCUT2D eigenvalue weighted by Crippen LogP contribution is -2.44. The molecule has 9 nitrogen and oxygen atoms in total. The van der Waals surface area contributed by atoms with Crippen molar-refractivity contribution in [3.63, 3.8) is 0 Å². The van der Waals surface area contributed by atoms with Crippen LogP contribution in [0.25, 0.3) is 10.2 Å². The molecule has 0 spiro atoms. The number of morpholine rings is 1. The second kappa shape index (κ2) is 11.2. The Morgan fingerprint density at radius 3 is 2.74 bits per heavy atom. The highest BCUT2D eigenvalue weighted by Crippen LogP contribution is 2.29. The number of para-hydroxylation sites is 1. The van der Waals surface area contributed by atoms with Gasteiger partial charge in [0.05, 0.1) is 44.8 Å². The van der Waals surface area contributed by atoms with Gasteiger partial charge < -0.3 is 10.1 Å². The predicted molar refractivity (Wildman–Crippen MR) is 139 cm³/mol. The van der Waals surface area contributed by atoms with E-state index in [1.807, 2.05) is 24.3 Å². The number of amides is 1. The summed E-state index contributed by atoms with van der Waals surface area (Å²) in [5.74, 6) is -0.160. The Morgan fingerprint density at radius 1 is 1.21 bits per heavy atom. The molecule has 0 bridgehead atoms. The number of hydrogen-bond acceptors (Lipinski definition) is 8. The molecule has 3 N–H and O–H groups in total. The standard InChI is InChI=1S/C20H20ClN5O4S4/c21-14-6-5-13(34(28,29)26-7-9-30-10-8-26)11-16(14)22-19(31)25-24-18(27)12-32-20-23-15-3-1-2-4-17(15)33-20/h1-6,11H,7-10,12H2,(H,24,27)(H2,22,25,31). The maximum absolute atomic E-state index is 12.9. The van der Waals surface area contributed by atoms with Crippen molar-refractivity contribution in [3.05, 3.63) is 47.5 Å². The molecule has 0 atom stereocenters. The van der Waals surface area contributed by atoms with E-state index in [1.54, 1.807) is 0 Å². The molecule has 0 unspecified atom stereocenters. The van der Waals surface area contributed by atoms with Crippen molar-refractivity contribution < 1.29 is 17.9 Å². The van der Waals surface area contributed by atoms with Gasteiger partial charge in [-0.15, -0.1) is 11.3 Å². The normalized spacial score (nSPS) is 14.6. The number of aromatic nitrogens is 1. The van der Waals surface area contributed by atoms with E-state index < -0.39 is 10.0 Å². The summed E-state index contributed by atoms with van der Waals surface area (Å²) in [6, 6.07) is 12.1. The lowest BCUT2D eigenvalue weighted by molar-refractivity contribution is -0.119. The molecule has 0 aliphatic carbocycles. The second-order valence-electron chi connectivity index (χ2n) is 7.02. The molecule has 4 rings (SSSR count). The Morgan fingerprint density at radius 2 is 1.97 bits per heavy atom. The predicted octanol–water partition coefficient (Wildman–Crippen LogP) is 3.08. The quantitative estimate of drug-likeness (QED) is 0.239. The summed E-state index contributed by atoms with van der Waals surface area (Å²) in [6.07, 6.45) is 0. The number of ether oxygens (including phenoxy) is 1. The van der Waals surface area contributed by atoms with E-state index in [-0.39, 0.29) is 39.8 Å². The van der Waals surface area contributed by atoms with E-state index in [0.29, 0.717) is 18.9 Å². The number of anilines is 1. The van der Waals surface area contributed by atoms with Gasteiger partial charge in [-0.2, -0.15) is 4.31 Å². The van der Waals surface area contributed by atoms with Gasteiger partial charge in [-0.05, 0) is 42.5 Å². The van der Waals surface area contributed by atoms with Crippen LogP contribution in [0.4, 0.5) is 5.69 Å². The number of nitrogens with zero attached hydrogens (tertiary/aromatic N) is 2. The third-order valence-corrected chi connectivity index (χ3v) is 9.32. The number of halogens is 1. The number of hydrogen-bond donors (Lipinski definition) is 3. The van der Waals surface area contributed by atoms with Crippen LogP contribution in [0.3, 0.4) is 0 Å². The molecule has 2 aromatic carbocycles. The minimum Gasteiger partial charge on any atom is -0.379 e. The highest BCUT2D eigenvalue weighted by Gasteiger charge is 2.27. The van der Waals surface area contributed by atoms with Crippen LogP contribution in [0.15, 0.2) is 51.7 Å². The highest BCUT2D eigenvalue weighted by molar-refractivity contribution is 8.01. The zero-order valence-electron chi connectivity index (χ0n) is 17.6. The minimum absolute atomic E-state index is 0.0566. The molecule has 1 aromatic heterocycles. The summed E-state index contributed by atoms with van der Waals surface area (Å²) in [5.41, 5.74) is 6.30. The number of rotatable bonds is 6. The Hall–Kier alpha value is -2.00. The number of carbonyl (C=O) groups excluding carboxylic acids is 1. The van der Waals surface area contributed by atoms with Crippen molar-refractivity contribution in [3.8, 4) is 0 Å². The Balaban J connectivity index is 1.30. The van der Waals surface area contributed by atoms with Crippen molar-refractivity contribution in [2.45, 2.75) is 9.24 Å². The summed E-state index contributed by atoms with van der Waals surface area (Å²) >= 11 is 14.3. The maximum Gasteiger partial charge on any atom is 0.248 e. The third-order valence-electron chi connectivity index (χ3n) is 4.71. The SMILES string of the molecule is O=C(CSc1nc2ccccc2s1)NNC(=S)Nc1cc(S(=O)(=O)N2CCOCC2)ccc1Cl. The van der Waals surface area contributed by atoms with Gasteiger partial charge in [-0.25, -0.2) is 13.4 Å². The lowest BCUT2D eigenvalue weighted by Gasteiger charge is -2.26. The molecule has 2 heterocycles. The fraction of sp³-hybridized carbons (Fsp3) is 0.250. The highest BCUT2D eigenvalue weighted by atomic mass is 35.5. The number of carbonyl (C=O) groups is 1. The van der Waals surface area contributed by atoms with Gasteiger partial charge in [-0.1, -0.05) is 35.5 Å². The monoisotopic (exact) mass is 557 g/mol. The van der Waals surface area contributed by atoms with Crippen LogP contribution in [0, 0.1) is 0 Å². The first-order chi connectivity index (χ1) is 16.3. The summed E-state index contributed by atoms with van der Waals surface area (Å²) in [6.45, 7) is 1.27. The van der Waals surface area contributed by atoms with Gasteiger partial charge in [0, 0.05) is 13.1 Å². The van der Waals surface area contributed by atoms with Crippen LogP contribution >= 0.6 is 46.9 Å². The molecule has 1 fully saturated rings. The van der Waals surface area contributed by atoms with Gasteiger partial charge in [0.2, 0.25) is 15.9 Å². The first-order valence-corrected chi connectivity index (χ1v) is 14.1. The molecule has 180 valence electrons. The molecule has 1 aliphatic heterocycles. The van der Waals surface area contributed by atoms with Gasteiger partial charge in [0.25, 0.3) is 0 Å². The topological polar surface area (TPSA) is 113 Å². The number of sulfonamides is 1. The average molecular weight is 558 g/mol. The zero-order valence-corrected chi connectivity index (χ0v) is 21.6. The number of nitrogens with one attached hydrogen (secondary N) is 3. The van der Waals surface area contributed by atoms with E-state index in [9.17, 15) is 13.2 Å². The Labute approximate surface area is 215 Å². The number of hydrazine groups is 1. The Bertz CT molecular complexity index is 1280. The molecule has 0 radical (unpaired) electrons. The van der Waals surface area contributed by atoms with Crippen molar-refractivity contribution in [2.75, 3.05) is 37.4 Å². The number of benzene rings is 2. The molecule has 1 aliphatic rings. The van der Waals surface area contributed by atoms with Gasteiger partial charge in [0.15, 0.2) is 9.45 Å². The van der Waals surface area contributed by atoms with Crippen LogP contribution in [0.2, 0.25) is 5.02 Å². The second-order valence-corrected chi connectivity index (χ2v) is 12.0. The first-order valence-electron chi connectivity index (χ1n) is 10.0. The largest absolute Gasteiger partial charge is 0.379 e. The van der Waals surface area contributed by atoms with E-state index in [1.165, 1.54) is 45.6 Å². The Kier molecular flexibility index (Phi) is 8.24. The van der Waals surface area contributed by atoms with E-state index >= 15 is 0 Å². The lowest BCUT2D eigenvalue weighted by atomic mass is 10.3. The van der Waals surface area contributed by atoms with Crippen LogP contribution in [-0.4, -0.2) is 60.8 Å². The van der Waals surface area contributed by atoms with Crippen molar-refractivity contribution >= 4 is 83.9 Å². The molecule has 3 aromatic rings. The molecule has 1 amide bonds. The van der Waals surface area contributed by atoms with Crippen molar-refractivity contribution in [1.29, 1.82) is 0 Å². The van der Waals surface area contributed by atoms with Crippen LogP contribution in [0.1, 0.15) is 0 Å². The fourth-order valence-corrected chi connectivity index (χ4v) is 6.68.